The summed E-state index contributed by atoms with van der Waals surface area (Å²) in [6.07, 6.45) is 5.20. The molecule has 0 bridgehead atoms. The number of anilines is 1. The van der Waals surface area contributed by atoms with E-state index in [1.165, 1.54) is 24.3 Å². The van der Waals surface area contributed by atoms with E-state index in [2.05, 4.69) is 17.5 Å². The number of hydrogen-bond donors (Lipinski definition) is 1. The van der Waals surface area contributed by atoms with Crippen molar-refractivity contribution in [2.24, 2.45) is 5.92 Å². The molecule has 6 nitrogen and oxygen atoms in total. The number of rotatable bonds is 4. The Bertz CT molecular complexity index is 1290. The molecule has 1 N–H and O–H groups in total. The minimum atomic E-state index is -0.553. The second-order valence-corrected chi connectivity index (χ2v) is 8.93. The number of nitrogens with one attached hydrogen (secondary N) is 1. The molecule has 0 radical (unpaired) electrons. The highest BCUT2D eigenvalue weighted by molar-refractivity contribution is 6.36. The van der Waals surface area contributed by atoms with Crippen LogP contribution in [0.2, 0.25) is 10.0 Å². The molecule has 33 heavy (non-hydrogen) atoms. The van der Waals surface area contributed by atoms with Gasteiger partial charge in [-0.05, 0) is 59.9 Å². The Hall–Kier alpha value is -3.35. The van der Waals surface area contributed by atoms with Crippen molar-refractivity contribution in [1.29, 1.82) is 0 Å². The molecule has 0 saturated carbocycles. The van der Waals surface area contributed by atoms with E-state index in [1.54, 1.807) is 12.1 Å². The Morgan fingerprint density at radius 2 is 1.85 bits per heavy atom. The molecule has 8 heteroatoms. The van der Waals surface area contributed by atoms with Gasteiger partial charge in [0.1, 0.15) is 5.75 Å². The van der Waals surface area contributed by atoms with Crippen LogP contribution >= 0.6 is 23.2 Å². The summed E-state index contributed by atoms with van der Waals surface area (Å²) >= 11 is 12.0. The predicted octanol–water partition coefficient (Wildman–Crippen LogP) is 6.95. The summed E-state index contributed by atoms with van der Waals surface area (Å²) in [4.78, 5) is 23.2. The smallest absolute Gasteiger partial charge is 0.345 e. The zero-order valence-electron chi connectivity index (χ0n) is 17.2. The number of esters is 1. The van der Waals surface area contributed by atoms with Crippen molar-refractivity contribution < 1.29 is 14.5 Å². The van der Waals surface area contributed by atoms with Gasteiger partial charge < -0.3 is 10.1 Å². The largest absolute Gasteiger partial charge is 0.423 e. The van der Waals surface area contributed by atoms with Crippen molar-refractivity contribution in [3.05, 3.63) is 110 Å². The molecule has 5 rings (SSSR count). The molecule has 1 aliphatic carbocycles. The van der Waals surface area contributed by atoms with Crippen molar-refractivity contribution in [3.63, 3.8) is 0 Å². The van der Waals surface area contributed by atoms with Crippen LogP contribution in [-0.2, 0) is 0 Å². The van der Waals surface area contributed by atoms with Crippen LogP contribution in [0, 0.1) is 16.0 Å². The Morgan fingerprint density at radius 1 is 1.06 bits per heavy atom. The van der Waals surface area contributed by atoms with Gasteiger partial charge >= 0.3 is 5.97 Å². The van der Waals surface area contributed by atoms with Gasteiger partial charge in [-0.25, -0.2) is 4.79 Å². The quantitative estimate of drug-likeness (QED) is 0.143. The number of hydrogen-bond acceptors (Lipinski definition) is 5. The monoisotopic (exact) mass is 480 g/mol. The van der Waals surface area contributed by atoms with Crippen LogP contribution < -0.4 is 10.1 Å². The fourth-order valence-corrected chi connectivity index (χ4v) is 5.07. The van der Waals surface area contributed by atoms with E-state index in [4.69, 9.17) is 27.9 Å². The van der Waals surface area contributed by atoms with Gasteiger partial charge in [0.2, 0.25) is 0 Å². The van der Waals surface area contributed by atoms with Crippen molar-refractivity contribution in [1.82, 2.24) is 0 Å². The van der Waals surface area contributed by atoms with Crippen LogP contribution in [0.3, 0.4) is 0 Å². The topological polar surface area (TPSA) is 81.5 Å². The van der Waals surface area contributed by atoms with Crippen molar-refractivity contribution in [3.8, 4) is 5.75 Å². The number of non-ortho nitro benzene ring substituents is 1. The van der Waals surface area contributed by atoms with Crippen molar-refractivity contribution in [2.45, 2.75) is 18.4 Å². The summed E-state index contributed by atoms with van der Waals surface area (Å²) in [5.74, 6) is 0.261. The maximum Gasteiger partial charge on any atom is 0.345 e. The molecule has 0 aromatic heterocycles. The third-order valence-electron chi connectivity index (χ3n) is 6.16. The standard InChI is InChI=1S/C25H18Cl2N2O4/c26-15-6-10-20(22(27)12-15)25(30)33-17-9-11-23-21(13-17)18-2-1-3-19(18)24(28-23)14-4-7-16(8-5-14)29(31)32/h1-2,4-13,18-19,24,28H,3H2/t18-,19+,24-/m0/s1. The predicted molar refractivity (Wildman–Crippen MR) is 127 cm³/mol. The average molecular weight is 481 g/mol. The maximum atomic E-state index is 12.6. The fraction of sp³-hybridized carbons (Fsp3) is 0.160. The second kappa shape index (κ2) is 8.54. The zero-order valence-corrected chi connectivity index (χ0v) is 18.7. The van der Waals surface area contributed by atoms with Gasteiger partial charge in [0.05, 0.1) is 21.6 Å². The summed E-state index contributed by atoms with van der Waals surface area (Å²) in [7, 11) is 0. The summed E-state index contributed by atoms with van der Waals surface area (Å²) in [6, 6.07) is 16.8. The van der Waals surface area contributed by atoms with Crippen LogP contribution in [0.5, 0.6) is 5.75 Å². The molecule has 0 saturated heterocycles. The summed E-state index contributed by atoms with van der Waals surface area (Å²) in [6.45, 7) is 0. The lowest BCUT2D eigenvalue weighted by molar-refractivity contribution is -0.384. The minimum absolute atomic E-state index is 0.0135. The fourth-order valence-electron chi connectivity index (χ4n) is 4.59. The van der Waals surface area contributed by atoms with Crippen molar-refractivity contribution >= 4 is 40.5 Å². The number of nitrogens with zero attached hydrogens (tertiary/aromatic N) is 1. The lowest BCUT2D eigenvalue weighted by Gasteiger charge is -2.37. The number of benzene rings is 3. The first-order chi connectivity index (χ1) is 15.9. The van der Waals surface area contributed by atoms with Crippen LogP contribution in [0.4, 0.5) is 11.4 Å². The van der Waals surface area contributed by atoms with E-state index in [9.17, 15) is 14.9 Å². The normalized spacial score (nSPS) is 20.5. The van der Waals surface area contributed by atoms with E-state index in [-0.39, 0.29) is 34.2 Å². The molecule has 166 valence electrons. The van der Waals surface area contributed by atoms with Gasteiger partial charge in [0.25, 0.3) is 5.69 Å². The van der Waals surface area contributed by atoms with Crippen LogP contribution in [0.25, 0.3) is 0 Å². The average Bonchev–Trinajstić information content (AvgIpc) is 3.29. The highest BCUT2D eigenvalue weighted by atomic mass is 35.5. The molecule has 3 aromatic carbocycles. The zero-order chi connectivity index (χ0) is 23.1. The number of nitro groups is 1. The molecular weight excluding hydrogens is 463 g/mol. The number of halogens is 2. The number of carbonyl (C=O) groups excluding carboxylic acids is 1. The van der Waals surface area contributed by atoms with E-state index in [0.717, 1.165) is 23.2 Å². The first-order valence-electron chi connectivity index (χ1n) is 10.4. The molecular formula is C25H18Cl2N2O4. The molecule has 1 aliphatic heterocycles. The van der Waals surface area contributed by atoms with Gasteiger partial charge in [-0.1, -0.05) is 47.5 Å². The molecule has 0 spiro atoms. The molecule has 2 aliphatic rings. The molecule has 0 fully saturated rings. The Labute approximate surface area is 199 Å². The number of fused-ring (bicyclic) bond motifs is 3. The number of carbonyl (C=O) groups is 1. The van der Waals surface area contributed by atoms with Crippen LogP contribution in [0.15, 0.2) is 72.8 Å². The lowest BCUT2D eigenvalue weighted by Crippen LogP contribution is -2.29. The van der Waals surface area contributed by atoms with E-state index < -0.39 is 10.9 Å². The molecule has 3 aromatic rings. The van der Waals surface area contributed by atoms with Gasteiger partial charge in [0, 0.05) is 28.8 Å². The van der Waals surface area contributed by atoms with Crippen LogP contribution in [0.1, 0.15) is 39.9 Å². The third kappa shape index (κ3) is 4.08. The third-order valence-corrected chi connectivity index (χ3v) is 6.71. The Kier molecular flexibility index (Phi) is 5.56. The van der Waals surface area contributed by atoms with Crippen molar-refractivity contribution in [2.75, 3.05) is 5.32 Å². The number of ether oxygens (including phenoxy) is 1. The lowest BCUT2D eigenvalue weighted by atomic mass is 9.77. The molecule has 3 atom stereocenters. The van der Waals surface area contributed by atoms with E-state index in [1.807, 2.05) is 24.3 Å². The SMILES string of the molecule is O=C(Oc1ccc2c(c1)[C@H]1C=CC[C@H]1[C@H](c1ccc([N+](=O)[O-])cc1)N2)c1ccc(Cl)cc1Cl. The maximum absolute atomic E-state index is 12.6. The Morgan fingerprint density at radius 3 is 2.58 bits per heavy atom. The first kappa shape index (κ1) is 21.5. The Balaban J connectivity index is 1.41. The molecule has 0 amide bonds. The molecule has 0 unspecified atom stereocenters. The van der Waals surface area contributed by atoms with Gasteiger partial charge in [-0.15, -0.1) is 0 Å². The van der Waals surface area contributed by atoms with E-state index >= 15 is 0 Å². The summed E-state index contributed by atoms with van der Waals surface area (Å²) in [5.41, 5.74) is 3.30. The minimum Gasteiger partial charge on any atom is -0.423 e. The van der Waals surface area contributed by atoms with Gasteiger partial charge in [-0.3, -0.25) is 10.1 Å². The second-order valence-electron chi connectivity index (χ2n) is 8.09. The highest BCUT2D eigenvalue weighted by Gasteiger charge is 2.38. The van der Waals surface area contributed by atoms with Gasteiger partial charge in [-0.2, -0.15) is 0 Å². The first-order valence-corrected chi connectivity index (χ1v) is 11.1. The molecule has 1 heterocycles. The van der Waals surface area contributed by atoms with Gasteiger partial charge in [0.15, 0.2) is 0 Å². The van der Waals surface area contributed by atoms with Crippen LogP contribution in [-0.4, -0.2) is 10.9 Å². The summed E-state index contributed by atoms with van der Waals surface area (Å²) < 4.78 is 5.60. The van der Waals surface area contributed by atoms with E-state index in [0.29, 0.717) is 10.8 Å². The highest BCUT2D eigenvalue weighted by Crippen LogP contribution is 2.50. The number of allylic oxidation sites excluding steroid dienone is 2. The number of nitro benzene ring substituents is 1. The summed E-state index contributed by atoms with van der Waals surface area (Å²) in [5, 5.41) is 15.2.